The number of halogens is 8. The van der Waals surface area contributed by atoms with E-state index in [1.807, 2.05) is 0 Å². The minimum atomic E-state index is -7.21. The summed E-state index contributed by atoms with van der Waals surface area (Å²) >= 11 is 0. The van der Waals surface area contributed by atoms with E-state index < -0.39 is 19.0 Å². The standard InChI is InChI=1S/C14H24N.C2BF8/c1-3-4-5-6-7-8-11-15-12-9-14(2)10-13-15;4-1(5,2(6,7)8)3(9,10)11/h9-10,12-13H,3-8,11H2,1-2H3;/q+1;-1. The quantitative estimate of drug-likeness (QED) is 0.214. The molecule has 0 aliphatic carbocycles. The number of aromatic nitrogens is 1. The van der Waals surface area contributed by atoms with E-state index in [9.17, 15) is 34.9 Å². The van der Waals surface area contributed by atoms with Crippen LogP contribution in [-0.2, 0) is 6.54 Å². The second kappa shape index (κ2) is 10.7. The summed E-state index contributed by atoms with van der Waals surface area (Å²) in [5.74, 6) is -6.56. The zero-order chi connectivity index (χ0) is 20.4. The molecule has 10 heteroatoms. The van der Waals surface area contributed by atoms with Crippen LogP contribution < -0.4 is 4.57 Å². The second-order valence-corrected chi connectivity index (χ2v) is 6.08. The molecule has 152 valence electrons. The average molecular weight is 393 g/mol. The van der Waals surface area contributed by atoms with Gasteiger partial charge in [-0.3, -0.25) is 0 Å². The first-order chi connectivity index (χ1) is 11.8. The van der Waals surface area contributed by atoms with Crippen molar-refractivity contribution in [2.24, 2.45) is 0 Å². The summed E-state index contributed by atoms with van der Waals surface area (Å²) in [4.78, 5) is 0. The maximum absolute atomic E-state index is 11.2. The first kappa shape index (κ1) is 24.7. The zero-order valence-corrected chi connectivity index (χ0v) is 14.8. The Morgan fingerprint density at radius 2 is 1.31 bits per heavy atom. The molecule has 1 nitrogen and oxygen atoms in total. The number of hydrogen-bond acceptors (Lipinski definition) is 0. The van der Waals surface area contributed by atoms with Crippen LogP contribution in [0.3, 0.4) is 0 Å². The van der Waals surface area contributed by atoms with E-state index in [2.05, 4.69) is 42.9 Å². The monoisotopic (exact) mass is 393 g/mol. The average Bonchev–Trinajstić information content (AvgIpc) is 2.51. The molecule has 1 rings (SSSR count). The molecule has 0 aromatic carbocycles. The van der Waals surface area contributed by atoms with Gasteiger partial charge in [0.05, 0.1) is 0 Å². The van der Waals surface area contributed by atoms with Gasteiger partial charge in [-0.15, -0.1) is 0 Å². The molecule has 1 aromatic heterocycles. The Morgan fingerprint density at radius 3 is 1.69 bits per heavy atom. The van der Waals surface area contributed by atoms with Crippen molar-refractivity contribution in [3.63, 3.8) is 0 Å². The Labute approximate surface area is 148 Å². The van der Waals surface area contributed by atoms with E-state index in [1.54, 1.807) is 0 Å². The highest BCUT2D eigenvalue weighted by atomic mass is 19.4. The fourth-order valence-corrected chi connectivity index (χ4v) is 1.94. The van der Waals surface area contributed by atoms with E-state index in [4.69, 9.17) is 0 Å². The third-order valence-corrected chi connectivity index (χ3v) is 3.62. The number of nitrogens with zero attached hydrogens (tertiary/aromatic N) is 1. The lowest BCUT2D eigenvalue weighted by atomic mass is 9.80. The number of rotatable bonds is 8. The summed E-state index contributed by atoms with van der Waals surface area (Å²) < 4.78 is 90.1. The maximum atomic E-state index is 11.2. The molecular formula is C16H24BF8N. The summed E-state index contributed by atoms with van der Waals surface area (Å²) in [5, 5.41) is 0. The lowest BCUT2D eigenvalue weighted by Crippen LogP contribution is -2.53. The van der Waals surface area contributed by atoms with Crippen LogP contribution in [0.25, 0.3) is 0 Å². The highest BCUT2D eigenvalue weighted by Gasteiger charge is 2.69. The number of unbranched alkanes of at least 4 members (excludes halogenated alkanes) is 5. The van der Waals surface area contributed by atoms with Crippen LogP contribution >= 0.6 is 0 Å². The second-order valence-electron chi connectivity index (χ2n) is 6.08. The summed E-state index contributed by atoms with van der Waals surface area (Å²) in [5.41, 5.74) is 1.34. The topological polar surface area (TPSA) is 3.88 Å². The fraction of sp³-hybridized carbons (Fsp3) is 0.688. The molecule has 0 unspecified atom stereocenters. The molecule has 26 heavy (non-hydrogen) atoms. The van der Waals surface area contributed by atoms with Crippen LogP contribution in [0, 0.1) is 6.92 Å². The van der Waals surface area contributed by atoms with Gasteiger partial charge in [-0.1, -0.05) is 32.6 Å². The van der Waals surface area contributed by atoms with Gasteiger partial charge in [0.25, 0.3) is 0 Å². The molecule has 0 spiro atoms. The molecule has 0 saturated carbocycles. The van der Waals surface area contributed by atoms with Crippen molar-refractivity contribution in [1.82, 2.24) is 0 Å². The number of aryl methyl sites for hydroxylation is 2. The van der Waals surface area contributed by atoms with Crippen molar-refractivity contribution >= 4 is 6.98 Å². The minimum Gasteiger partial charge on any atom is -0.445 e. The smallest absolute Gasteiger partial charge is 0.445 e. The summed E-state index contributed by atoms with van der Waals surface area (Å²) in [7, 11) is 0. The van der Waals surface area contributed by atoms with Gasteiger partial charge < -0.3 is 12.9 Å². The lowest BCUT2D eigenvalue weighted by Gasteiger charge is -2.28. The normalized spacial score (nSPS) is 12.5. The predicted molar refractivity (Wildman–Crippen MR) is 84.8 cm³/mol. The minimum absolute atomic E-state index is 1.17. The van der Waals surface area contributed by atoms with Crippen molar-refractivity contribution in [2.75, 3.05) is 0 Å². The molecule has 0 fully saturated rings. The van der Waals surface area contributed by atoms with Crippen LogP contribution in [0.4, 0.5) is 34.9 Å². The van der Waals surface area contributed by atoms with E-state index in [0.717, 1.165) is 0 Å². The molecule has 1 heterocycles. The van der Waals surface area contributed by atoms with Crippen molar-refractivity contribution in [3.05, 3.63) is 30.1 Å². The molecule has 0 aliphatic rings. The van der Waals surface area contributed by atoms with Gasteiger partial charge in [0, 0.05) is 18.6 Å². The molecule has 0 atom stereocenters. The summed E-state index contributed by atoms with van der Waals surface area (Å²) in [6, 6.07) is 4.36. The van der Waals surface area contributed by atoms with Crippen LogP contribution in [0.5, 0.6) is 0 Å². The molecule has 0 aliphatic heterocycles. The van der Waals surface area contributed by atoms with E-state index in [1.165, 1.54) is 50.6 Å². The Balaban J connectivity index is 0.000000508. The van der Waals surface area contributed by atoms with Gasteiger partial charge >= 0.3 is 19.0 Å². The zero-order valence-electron chi connectivity index (χ0n) is 14.8. The molecular weight excluding hydrogens is 369 g/mol. The van der Waals surface area contributed by atoms with Gasteiger partial charge in [-0.25, -0.2) is 13.3 Å². The first-order valence-electron chi connectivity index (χ1n) is 8.42. The Hall–Kier alpha value is -1.35. The van der Waals surface area contributed by atoms with Gasteiger partial charge in [0.2, 0.25) is 0 Å². The van der Waals surface area contributed by atoms with Gasteiger partial charge in [-0.2, -0.15) is 13.2 Å². The van der Waals surface area contributed by atoms with E-state index >= 15 is 0 Å². The van der Waals surface area contributed by atoms with Crippen LogP contribution in [0.1, 0.15) is 51.0 Å². The maximum Gasteiger partial charge on any atom is 0.558 e. The van der Waals surface area contributed by atoms with Crippen molar-refractivity contribution < 1.29 is 39.5 Å². The predicted octanol–water partition coefficient (Wildman–Crippen LogP) is 6.21. The van der Waals surface area contributed by atoms with Crippen LogP contribution in [0.2, 0.25) is 0 Å². The molecule has 1 aromatic rings. The Morgan fingerprint density at radius 1 is 0.846 bits per heavy atom. The third-order valence-electron chi connectivity index (χ3n) is 3.62. The third kappa shape index (κ3) is 8.85. The summed E-state index contributed by atoms with van der Waals surface area (Å²) in [6.45, 7) is -1.64. The van der Waals surface area contributed by atoms with Crippen molar-refractivity contribution in [1.29, 1.82) is 0 Å². The van der Waals surface area contributed by atoms with Crippen molar-refractivity contribution in [3.8, 4) is 0 Å². The largest absolute Gasteiger partial charge is 0.558 e. The number of pyridine rings is 1. The Bertz CT molecular complexity index is 480. The van der Waals surface area contributed by atoms with Gasteiger partial charge in [0.1, 0.15) is 6.54 Å². The van der Waals surface area contributed by atoms with Gasteiger partial charge in [0.15, 0.2) is 12.4 Å². The molecule has 0 bridgehead atoms. The van der Waals surface area contributed by atoms with Crippen LogP contribution in [-0.4, -0.2) is 19.0 Å². The Kier molecular flexibility index (Phi) is 10.2. The lowest BCUT2D eigenvalue weighted by molar-refractivity contribution is -0.697. The molecule has 0 saturated heterocycles. The molecule has 0 radical (unpaired) electrons. The fourth-order valence-electron chi connectivity index (χ4n) is 1.94. The van der Waals surface area contributed by atoms with Crippen molar-refractivity contribution in [2.45, 2.75) is 70.9 Å². The SMILES string of the molecule is CCCCCCCC[n+]1ccc(C)cc1.F[B-](F)(F)C(F)(F)C(F)(F)F. The van der Waals surface area contributed by atoms with Gasteiger partial charge in [-0.05, 0) is 18.9 Å². The van der Waals surface area contributed by atoms with E-state index in [-0.39, 0.29) is 0 Å². The molecule has 0 amide bonds. The first-order valence-corrected chi connectivity index (χ1v) is 8.42. The highest BCUT2D eigenvalue weighted by Crippen LogP contribution is 2.43. The number of alkyl halides is 5. The van der Waals surface area contributed by atoms with Crippen LogP contribution in [0.15, 0.2) is 24.5 Å². The molecule has 0 N–H and O–H groups in total. The highest BCUT2D eigenvalue weighted by molar-refractivity contribution is 6.61. The van der Waals surface area contributed by atoms with E-state index in [0.29, 0.717) is 0 Å². The number of hydrogen-bond donors (Lipinski definition) is 0. The summed E-state index contributed by atoms with van der Waals surface area (Å²) in [6.07, 6.45) is 6.06.